The van der Waals surface area contributed by atoms with Crippen LogP contribution in [0.5, 0.6) is 0 Å². The Morgan fingerprint density at radius 1 is 1.26 bits per heavy atom. The summed E-state index contributed by atoms with van der Waals surface area (Å²) >= 11 is 0. The van der Waals surface area contributed by atoms with Crippen LogP contribution < -0.4 is 0 Å². The topological polar surface area (TPSA) is 29.5 Å². The summed E-state index contributed by atoms with van der Waals surface area (Å²) in [7, 11) is 0. The molecule has 0 amide bonds. The Balaban J connectivity index is 1.65. The van der Waals surface area contributed by atoms with E-state index in [2.05, 4.69) is 4.90 Å². The Labute approximate surface area is 116 Å². The van der Waals surface area contributed by atoms with Crippen molar-refractivity contribution in [3.63, 3.8) is 0 Å². The molecule has 2 saturated heterocycles. The van der Waals surface area contributed by atoms with Crippen molar-refractivity contribution >= 4 is 5.78 Å². The molecule has 0 aromatic heterocycles. The van der Waals surface area contributed by atoms with E-state index in [0.29, 0.717) is 17.9 Å². The second kappa shape index (κ2) is 5.53. The standard InChI is InChI=1S/C16H27NO2/c1-13(18)11-14-5-4-9-17(14)15-6-10-19-16(12-15)7-2-3-8-16/h14-15H,2-12H2,1H3. The first-order chi connectivity index (χ1) is 9.19. The van der Waals surface area contributed by atoms with Crippen LogP contribution in [0.2, 0.25) is 0 Å². The number of hydrogen-bond acceptors (Lipinski definition) is 3. The molecule has 2 unspecified atom stereocenters. The van der Waals surface area contributed by atoms with Crippen LogP contribution in [0.3, 0.4) is 0 Å². The smallest absolute Gasteiger partial charge is 0.131 e. The second-order valence-corrected chi connectivity index (χ2v) is 6.83. The highest BCUT2D eigenvalue weighted by Crippen LogP contribution is 2.42. The van der Waals surface area contributed by atoms with Crippen LogP contribution in [-0.2, 0) is 9.53 Å². The molecule has 1 saturated carbocycles. The van der Waals surface area contributed by atoms with Gasteiger partial charge in [0.25, 0.3) is 0 Å². The van der Waals surface area contributed by atoms with Crippen LogP contribution in [0.4, 0.5) is 0 Å². The van der Waals surface area contributed by atoms with Crippen LogP contribution in [-0.4, -0.2) is 41.5 Å². The van der Waals surface area contributed by atoms with Gasteiger partial charge in [-0.25, -0.2) is 0 Å². The van der Waals surface area contributed by atoms with Crippen molar-refractivity contribution in [2.24, 2.45) is 0 Å². The van der Waals surface area contributed by atoms with Crippen molar-refractivity contribution < 1.29 is 9.53 Å². The van der Waals surface area contributed by atoms with Gasteiger partial charge in [0, 0.05) is 25.1 Å². The third kappa shape index (κ3) is 2.87. The third-order valence-corrected chi connectivity index (χ3v) is 5.40. The van der Waals surface area contributed by atoms with E-state index in [1.807, 2.05) is 0 Å². The van der Waals surface area contributed by atoms with Crippen molar-refractivity contribution in [2.45, 2.75) is 82.4 Å². The molecule has 0 N–H and O–H groups in total. The van der Waals surface area contributed by atoms with Gasteiger partial charge in [-0.3, -0.25) is 9.69 Å². The zero-order chi connectivity index (χ0) is 13.3. The third-order valence-electron chi connectivity index (χ3n) is 5.40. The summed E-state index contributed by atoms with van der Waals surface area (Å²) in [6.07, 6.45) is 10.8. The fraction of sp³-hybridized carbons (Fsp3) is 0.938. The van der Waals surface area contributed by atoms with Gasteiger partial charge in [0.05, 0.1) is 5.60 Å². The van der Waals surface area contributed by atoms with Crippen LogP contribution in [0.15, 0.2) is 0 Å². The van der Waals surface area contributed by atoms with E-state index in [4.69, 9.17) is 4.74 Å². The van der Waals surface area contributed by atoms with Gasteiger partial charge in [-0.2, -0.15) is 0 Å². The molecule has 19 heavy (non-hydrogen) atoms. The minimum atomic E-state index is 0.201. The van der Waals surface area contributed by atoms with Gasteiger partial charge < -0.3 is 4.74 Å². The van der Waals surface area contributed by atoms with E-state index < -0.39 is 0 Å². The Hall–Kier alpha value is -0.410. The van der Waals surface area contributed by atoms with Gasteiger partial charge >= 0.3 is 0 Å². The molecular formula is C16H27NO2. The largest absolute Gasteiger partial charge is 0.375 e. The first kappa shape index (κ1) is 13.6. The predicted octanol–water partition coefficient (Wildman–Crippen LogP) is 2.92. The first-order valence-electron chi connectivity index (χ1n) is 8.08. The average Bonchev–Trinajstić information content (AvgIpc) is 2.99. The fourth-order valence-electron chi connectivity index (χ4n) is 4.54. The van der Waals surface area contributed by atoms with Gasteiger partial charge in [0.15, 0.2) is 0 Å². The first-order valence-corrected chi connectivity index (χ1v) is 8.08. The molecule has 3 heteroatoms. The number of ether oxygens (including phenoxy) is 1. The van der Waals surface area contributed by atoms with E-state index in [0.717, 1.165) is 19.4 Å². The highest BCUT2D eigenvalue weighted by Gasteiger charge is 2.43. The van der Waals surface area contributed by atoms with Crippen molar-refractivity contribution in [3.8, 4) is 0 Å². The quantitative estimate of drug-likeness (QED) is 0.786. The van der Waals surface area contributed by atoms with Crippen LogP contribution in [0, 0.1) is 0 Å². The van der Waals surface area contributed by atoms with Gasteiger partial charge in [0.2, 0.25) is 0 Å². The van der Waals surface area contributed by atoms with E-state index >= 15 is 0 Å². The summed E-state index contributed by atoms with van der Waals surface area (Å²) in [5, 5.41) is 0. The minimum Gasteiger partial charge on any atom is -0.375 e. The molecule has 2 aliphatic heterocycles. The minimum absolute atomic E-state index is 0.201. The van der Waals surface area contributed by atoms with Gasteiger partial charge in [-0.1, -0.05) is 12.8 Å². The maximum atomic E-state index is 11.4. The SMILES string of the molecule is CC(=O)CC1CCCN1C1CCOC2(CCCC2)C1. The predicted molar refractivity (Wildman–Crippen MR) is 75.2 cm³/mol. The Bertz CT molecular complexity index is 336. The number of carbonyl (C=O) groups excluding carboxylic acids is 1. The number of ketones is 1. The second-order valence-electron chi connectivity index (χ2n) is 6.83. The van der Waals surface area contributed by atoms with Crippen LogP contribution in [0.1, 0.15) is 64.7 Å². The summed E-state index contributed by atoms with van der Waals surface area (Å²) in [4.78, 5) is 14.1. The molecular weight excluding hydrogens is 238 g/mol. The molecule has 2 heterocycles. The van der Waals surface area contributed by atoms with Crippen LogP contribution >= 0.6 is 0 Å². The lowest BCUT2D eigenvalue weighted by Gasteiger charge is -2.43. The van der Waals surface area contributed by atoms with Crippen LogP contribution in [0.25, 0.3) is 0 Å². The zero-order valence-electron chi connectivity index (χ0n) is 12.2. The zero-order valence-corrected chi connectivity index (χ0v) is 12.2. The normalized spacial score (nSPS) is 35.0. The summed E-state index contributed by atoms with van der Waals surface area (Å²) < 4.78 is 6.14. The van der Waals surface area contributed by atoms with Crippen molar-refractivity contribution in [1.82, 2.24) is 4.90 Å². The molecule has 1 spiro atoms. The number of likely N-dealkylation sites (tertiary alicyclic amines) is 1. The summed E-state index contributed by atoms with van der Waals surface area (Å²) in [5.41, 5.74) is 0.201. The molecule has 3 fully saturated rings. The van der Waals surface area contributed by atoms with Crippen molar-refractivity contribution in [3.05, 3.63) is 0 Å². The Morgan fingerprint density at radius 3 is 2.79 bits per heavy atom. The van der Waals surface area contributed by atoms with Crippen molar-refractivity contribution in [2.75, 3.05) is 13.2 Å². The van der Waals surface area contributed by atoms with Crippen molar-refractivity contribution in [1.29, 1.82) is 0 Å². The van der Waals surface area contributed by atoms with E-state index in [1.165, 1.54) is 51.5 Å². The number of carbonyl (C=O) groups is 1. The molecule has 0 bridgehead atoms. The molecule has 1 aliphatic carbocycles. The lowest BCUT2D eigenvalue weighted by molar-refractivity contribution is -0.120. The highest BCUT2D eigenvalue weighted by molar-refractivity contribution is 5.76. The van der Waals surface area contributed by atoms with Gasteiger partial charge in [-0.15, -0.1) is 0 Å². The lowest BCUT2D eigenvalue weighted by atomic mass is 9.87. The molecule has 0 aromatic carbocycles. The van der Waals surface area contributed by atoms with Gasteiger partial charge in [0.1, 0.15) is 5.78 Å². The summed E-state index contributed by atoms with van der Waals surface area (Å²) in [6.45, 7) is 3.85. The number of rotatable bonds is 3. The summed E-state index contributed by atoms with van der Waals surface area (Å²) in [6, 6.07) is 1.18. The molecule has 108 valence electrons. The average molecular weight is 265 g/mol. The molecule has 2 atom stereocenters. The molecule has 3 aliphatic rings. The monoisotopic (exact) mass is 265 g/mol. The van der Waals surface area contributed by atoms with E-state index in [9.17, 15) is 4.79 Å². The number of nitrogens with zero attached hydrogens (tertiary/aromatic N) is 1. The fourth-order valence-corrected chi connectivity index (χ4v) is 4.54. The molecule has 0 aromatic rings. The number of hydrogen-bond donors (Lipinski definition) is 0. The maximum absolute atomic E-state index is 11.4. The van der Waals surface area contributed by atoms with Gasteiger partial charge in [-0.05, 0) is 52.0 Å². The molecule has 3 rings (SSSR count). The molecule has 0 radical (unpaired) electrons. The molecule has 3 nitrogen and oxygen atoms in total. The maximum Gasteiger partial charge on any atom is 0.131 e. The Morgan fingerprint density at radius 2 is 2.05 bits per heavy atom. The summed E-state index contributed by atoms with van der Waals surface area (Å²) in [5.74, 6) is 0.347. The number of Topliss-reactive ketones (excluding diaryl/α,β-unsaturated/α-hetero) is 1. The van der Waals surface area contributed by atoms with E-state index in [-0.39, 0.29) is 5.60 Å². The Kier molecular flexibility index (Phi) is 3.95. The highest BCUT2D eigenvalue weighted by atomic mass is 16.5. The lowest BCUT2D eigenvalue weighted by Crippen LogP contribution is -2.49. The van der Waals surface area contributed by atoms with E-state index in [1.54, 1.807) is 6.92 Å².